The first-order chi connectivity index (χ1) is 19.1. The highest BCUT2D eigenvalue weighted by molar-refractivity contribution is 5.97. The summed E-state index contributed by atoms with van der Waals surface area (Å²) < 4.78 is 35.1. The monoisotopic (exact) mass is 572 g/mol. The number of carbonyl (C=O) groups excluding carboxylic acids is 2. The number of hydrogen-bond acceptors (Lipinski definition) is 6. The minimum Gasteiger partial charge on any atom is -0.542 e. The summed E-state index contributed by atoms with van der Waals surface area (Å²) in [5.41, 5.74) is 2.58. The van der Waals surface area contributed by atoms with Crippen LogP contribution in [0.3, 0.4) is 0 Å². The lowest BCUT2D eigenvalue weighted by atomic mass is 9.89. The molecule has 3 aromatic rings. The second-order valence-corrected chi connectivity index (χ2v) is 11.5. The van der Waals surface area contributed by atoms with Crippen molar-refractivity contribution in [1.82, 2.24) is 14.0 Å². The summed E-state index contributed by atoms with van der Waals surface area (Å²) in [4.78, 5) is 42.8. The van der Waals surface area contributed by atoms with Gasteiger partial charge in [-0.25, -0.2) is 14.3 Å². The van der Waals surface area contributed by atoms with Gasteiger partial charge in [0.2, 0.25) is 5.82 Å². The van der Waals surface area contributed by atoms with Crippen molar-refractivity contribution in [3.05, 3.63) is 58.0 Å². The first-order valence-corrected chi connectivity index (χ1v) is 13.1. The zero-order chi connectivity index (χ0) is 30.3. The van der Waals surface area contributed by atoms with Crippen molar-refractivity contribution < 1.29 is 32.9 Å². The number of carboxylic acid groups (broad SMARTS) is 1. The largest absolute Gasteiger partial charge is 0.542 e. The van der Waals surface area contributed by atoms with Crippen molar-refractivity contribution in [3.63, 3.8) is 0 Å². The van der Waals surface area contributed by atoms with E-state index in [2.05, 4.69) is 42.8 Å². The smallest absolute Gasteiger partial charge is 0.430 e. The number of alkyl halides is 3. The maximum atomic E-state index is 13.3. The molecule has 3 fully saturated rings. The highest BCUT2D eigenvalue weighted by Crippen LogP contribution is 2.33. The van der Waals surface area contributed by atoms with Gasteiger partial charge in [0.05, 0.1) is 49.4 Å². The first kappa shape index (κ1) is 29.6. The minimum absolute atomic E-state index is 0.0109. The van der Waals surface area contributed by atoms with E-state index in [4.69, 9.17) is 9.90 Å². The third-order valence-corrected chi connectivity index (χ3v) is 7.27. The van der Waals surface area contributed by atoms with E-state index in [1.807, 2.05) is 21.6 Å². The molecule has 6 rings (SSSR count). The molecule has 3 saturated heterocycles. The van der Waals surface area contributed by atoms with Crippen LogP contribution >= 0.6 is 0 Å². The number of H-pyrrole nitrogens is 1. The Balaban J connectivity index is 0.000000493. The number of carbonyl (C=O) groups is 2. The van der Waals surface area contributed by atoms with Gasteiger partial charge in [0.15, 0.2) is 0 Å². The van der Waals surface area contributed by atoms with Crippen molar-refractivity contribution in [2.45, 2.75) is 58.4 Å². The number of nitrogens with one attached hydrogen (secondary N) is 1. The number of halogens is 3. The average molecular weight is 573 g/mol. The van der Waals surface area contributed by atoms with Gasteiger partial charge in [-0.05, 0) is 36.5 Å². The lowest BCUT2D eigenvalue weighted by Gasteiger charge is -2.49. The summed E-state index contributed by atoms with van der Waals surface area (Å²) in [6.45, 7) is 8.38. The van der Waals surface area contributed by atoms with Gasteiger partial charge >= 0.3 is 11.9 Å². The number of amides is 1. The van der Waals surface area contributed by atoms with E-state index in [0.29, 0.717) is 24.2 Å². The van der Waals surface area contributed by atoms with Crippen LogP contribution in [-0.2, 0) is 18.4 Å². The second-order valence-electron chi connectivity index (χ2n) is 11.5. The molecular weight excluding hydrogens is 541 g/mol. The topological polar surface area (TPSA) is 129 Å². The molecule has 2 unspecified atom stereocenters. The number of nitriles is 1. The molecule has 1 amide bonds. The average Bonchev–Trinajstić information content (AvgIpc) is 3.15. The molecule has 0 radical (unpaired) electrons. The summed E-state index contributed by atoms with van der Waals surface area (Å²) in [6, 6.07) is 13.5. The van der Waals surface area contributed by atoms with Crippen LogP contribution in [0.4, 0.5) is 19.0 Å². The van der Waals surface area contributed by atoms with Gasteiger partial charge in [-0.15, -0.1) is 0 Å². The molecule has 2 atom stereocenters. The fraction of sp³-hybridized carbons (Fsp3) is 0.464. The first-order valence-electron chi connectivity index (χ1n) is 13.1. The molecule has 0 saturated carbocycles. The summed E-state index contributed by atoms with van der Waals surface area (Å²) >= 11 is 0. The van der Waals surface area contributed by atoms with Crippen LogP contribution in [0.1, 0.15) is 49.5 Å². The van der Waals surface area contributed by atoms with Crippen molar-refractivity contribution in [2.24, 2.45) is 12.5 Å². The van der Waals surface area contributed by atoms with E-state index in [-0.39, 0.29) is 29.1 Å². The fourth-order valence-electron chi connectivity index (χ4n) is 5.41. The Labute approximate surface area is 234 Å². The number of fused-ring (bicyclic) bond motifs is 4. The molecule has 1 aromatic carbocycles. The number of pyridine rings is 1. The SMILES string of the molecule is Cn1c(=O)n(CC(C)(C)C)c2ccc(N3CC4CCC3CN4C(=O)c3ccccc3C#N)[nH+]c21.O=C([O-])C(F)(F)F. The number of hydrogen-bond donors (Lipinski definition) is 0. The van der Waals surface area contributed by atoms with Gasteiger partial charge in [-0.3, -0.25) is 14.3 Å². The highest BCUT2D eigenvalue weighted by atomic mass is 19.4. The van der Waals surface area contributed by atoms with Gasteiger partial charge in [0.1, 0.15) is 11.5 Å². The number of rotatable bonds is 3. The highest BCUT2D eigenvalue weighted by Gasteiger charge is 2.44. The Morgan fingerprint density at radius 1 is 1.07 bits per heavy atom. The minimum atomic E-state index is -5.19. The van der Waals surface area contributed by atoms with Crippen LogP contribution in [0.2, 0.25) is 0 Å². The molecule has 10 nitrogen and oxygen atoms in total. The third kappa shape index (κ3) is 6.06. The third-order valence-electron chi connectivity index (χ3n) is 7.27. The number of aryl methyl sites for hydroxylation is 1. The Kier molecular flexibility index (Phi) is 7.89. The molecule has 3 aliphatic rings. The Hall–Kier alpha value is -4.34. The van der Waals surface area contributed by atoms with Crippen molar-refractivity contribution in [2.75, 3.05) is 18.0 Å². The molecule has 218 valence electrons. The number of benzene rings is 1. The van der Waals surface area contributed by atoms with E-state index in [0.717, 1.165) is 36.4 Å². The number of aromatic amines is 1. The van der Waals surface area contributed by atoms with Crippen LogP contribution in [0.25, 0.3) is 11.2 Å². The zero-order valence-electron chi connectivity index (χ0n) is 23.2. The molecule has 3 aliphatic heterocycles. The van der Waals surface area contributed by atoms with Gasteiger partial charge in [0, 0.05) is 12.6 Å². The molecule has 13 heteroatoms. The van der Waals surface area contributed by atoms with Crippen molar-refractivity contribution >= 4 is 28.9 Å². The van der Waals surface area contributed by atoms with Gasteiger partial charge < -0.3 is 14.8 Å². The maximum Gasteiger partial charge on any atom is 0.430 e. The Bertz CT molecular complexity index is 1580. The number of imidazole rings is 1. The summed E-state index contributed by atoms with van der Waals surface area (Å²) in [5.74, 6) is -2.10. The van der Waals surface area contributed by atoms with Crippen molar-refractivity contribution in [1.29, 1.82) is 5.26 Å². The van der Waals surface area contributed by atoms with E-state index < -0.39 is 12.1 Å². The number of nitrogens with zero attached hydrogens (tertiary/aromatic N) is 5. The van der Waals surface area contributed by atoms with Crippen LogP contribution < -0.4 is 20.7 Å². The number of carboxylic acids is 1. The van der Waals surface area contributed by atoms with E-state index >= 15 is 0 Å². The summed E-state index contributed by atoms with van der Waals surface area (Å²) in [7, 11) is 1.81. The van der Waals surface area contributed by atoms with E-state index in [1.54, 1.807) is 29.8 Å². The summed E-state index contributed by atoms with van der Waals surface area (Å²) in [5, 5.41) is 18.2. The molecule has 41 heavy (non-hydrogen) atoms. The number of aliphatic carboxylic acids is 1. The van der Waals surface area contributed by atoms with Crippen LogP contribution in [0, 0.1) is 16.7 Å². The van der Waals surface area contributed by atoms with E-state index in [1.165, 1.54) is 0 Å². The summed E-state index contributed by atoms with van der Waals surface area (Å²) in [6.07, 6.45) is -3.24. The fourth-order valence-corrected chi connectivity index (χ4v) is 5.41. The molecule has 0 spiro atoms. The quantitative estimate of drug-likeness (QED) is 0.471. The predicted octanol–water partition coefficient (Wildman–Crippen LogP) is 1.86. The second kappa shape index (κ2) is 10.9. The molecule has 5 heterocycles. The molecule has 2 aromatic heterocycles. The number of piperazine rings is 1. The molecule has 1 N–H and O–H groups in total. The zero-order valence-corrected chi connectivity index (χ0v) is 23.2. The van der Waals surface area contributed by atoms with Crippen LogP contribution in [0.15, 0.2) is 41.2 Å². The Morgan fingerprint density at radius 2 is 1.71 bits per heavy atom. The van der Waals surface area contributed by atoms with Gasteiger partial charge in [-0.1, -0.05) is 32.9 Å². The molecular formula is C28H31F3N6O4. The number of piperidine rings is 2. The van der Waals surface area contributed by atoms with Gasteiger partial charge in [-0.2, -0.15) is 18.4 Å². The van der Waals surface area contributed by atoms with Gasteiger partial charge in [0.25, 0.3) is 11.6 Å². The predicted molar refractivity (Wildman–Crippen MR) is 141 cm³/mol. The normalized spacial score (nSPS) is 18.6. The Morgan fingerprint density at radius 3 is 2.27 bits per heavy atom. The van der Waals surface area contributed by atoms with Crippen LogP contribution in [0.5, 0.6) is 0 Å². The van der Waals surface area contributed by atoms with E-state index in [9.17, 15) is 28.0 Å². The number of anilines is 1. The van der Waals surface area contributed by atoms with Crippen molar-refractivity contribution in [3.8, 4) is 6.07 Å². The number of aromatic nitrogens is 3. The van der Waals surface area contributed by atoms with Crippen LogP contribution in [-0.4, -0.2) is 57.3 Å². The maximum absolute atomic E-state index is 13.3. The lowest BCUT2D eigenvalue weighted by molar-refractivity contribution is -0.344. The molecule has 0 aliphatic carbocycles. The lowest BCUT2D eigenvalue weighted by Crippen LogP contribution is -2.64. The molecule has 2 bridgehead atoms. The standard InChI is InChI=1S/C26H30N6O2.C2HF3O2/c1-26(2,3)16-32-21-11-12-22(28-23(21)29(4)25(32)34)30-14-19-10-9-18(30)15-31(19)24(33)20-8-6-5-7-17(20)13-27;3-2(4,5)1(6)7/h5-8,11-12,18-19H,9-10,14-16H2,1-4H3;(H,6,7).